The molecular weight excluding hydrogens is 210 g/mol. The number of hydrogen-bond acceptors (Lipinski definition) is 2. The van der Waals surface area contributed by atoms with Crippen LogP contribution in [-0.2, 0) is 13.0 Å². The minimum absolute atomic E-state index is 0.393. The Morgan fingerprint density at radius 3 is 2.60 bits per heavy atom. The van der Waals surface area contributed by atoms with Gasteiger partial charge in [-0.25, -0.2) is 0 Å². The summed E-state index contributed by atoms with van der Waals surface area (Å²) in [4.78, 5) is 0. The van der Waals surface area contributed by atoms with Crippen LogP contribution in [0.5, 0.6) is 0 Å². The van der Waals surface area contributed by atoms with E-state index in [0.717, 1.165) is 13.0 Å². The van der Waals surface area contributed by atoms with E-state index in [-0.39, 0.29) is 0 Å². The Balaban J connectivity index is 1.99. The number of halogens is 1. The molecule has 1 aromatic heterocycles. The Bertz CT molecular complexity index is 417. The Kier molecular flexibility index (Phi) is 2.92. The summed E-state index contributed by atoms with van der Waals surface area (Å²) in [6, 6.07) is 10.2. The van der Waals surface area contributed by atoms with Crippen LogP contribution in [0.15, 0.2) is 36.5 Å². The Hall–Kier alpha value is -1.48. The van der Waals surface area contributed by atoms with Crippen molar-refractivity contribution in [3.63, 3.8) is 0 Å². The van der Waals surface area contributed by atoms with Crippen LogP contribution in [-0.4, -0.2) is 9.78 Å². The predicted molar refractivity (Wildman–Crippen MR) is 61.8 cm³/mol. The highest BCUT2D eigenvalue weighted by atomic mass is 35.5. The molecule has 3 nitrogen and oxygen atoms in total. The van der Waals surface area contributed by atoms with Crippen molar-refractivity contribution in [1.29, 1.82) is 0 Å². The molecule has 4 heteroatoms. The zero-order chi connectivity index (χ0) is 10.7. The van der Waals surface area contributed by atoms with Crippen LogP contribution in [0.1, 0.15) is 5.56 Å². The average Bonchev–Trinajstić information content (AvgIpc) is 2.57. The van der Waals surface area contributed by atoms with E-state index in [1.165, 1.54) is 5.56 Å². The number of nitrogen functional groups attached to an aromatic ring is 1. The minimum atomic E-state index is 0.393. The van der Waals surface area contributed by atoms with Crippen molar-refractivity contribution in [3.05, 3.63) is 47.1 Å². The van der Waals surface area contributed by atoms with Gasteiger partial charge in [0, 0.05) is 12.7 Å². The molecule has 0 aliphatic carbocycles. The van der Waals surface area contributed by atoms with Gasteiger partial charge < -0.3 is 5.73 Å². The molecule has 2 rings (SSSR count). The van der Waals surface area contributed by atoms with Crippen LogP contribution in [0.25, 0.3) is 0 Å². The first-order chi connectivity index (χ1) is 7.25. The first-order valence-corrected chi connectivity index (χ1v) is 5.16. The second-order valence-corrected chi connectivity index (χ2v) is 3.77. The van der Waals surface area contributed by atoms with E-state index in [4.69, 9.17) is 17.3 Å². The van der Waals surface area contributed by atoms with Gasteiger partial charge in [-0.1, -0.05) is 41.9 Å². The number of nitrogens with zero attached hydrogens (tertiary/aromatic N) is 2. The van der Waals surface area contributed by atoms with Gasteiger partial charge in [0.2, 0.25) is 0 Å². The number of benzene rings is 1. The number of anilines is 1. The molecule has 0 aliphatic heterocycles. The summed E-state index contributed by atoms with van der Waals surface area (Å²) in [7, 11) is 0. The molecule has 0 fully saturated rings. The highest BCUT2D eigenvalue weighted by Gasteiger charge is 2.02. The van der Waals surface area contributed by atoms with Gasteiger partial charge in [-0.15, -0.1) is 0 Å². The lowest BCUT2D eigenvalue weighted by Crippen LogP contribution is -2.02. The molecule has 2 aromatic rings. The molecular formula is C11H12ClN3. The summed E-state index contributed by atoms with van der Waals surface area (Å²) in [5.74, 6) is 0.393. The van der Waals surface area contributed by atoms with Gasteiger partial charge >= 0.3 is 0 Å². The summed E-state index contributed by atoms with van der Waals surface area (Å²) in [5.41, 5.74) is 6.83. The fourth-order valence-corrected chi connectivity index (χ4v) is 1.57. The van der Waals surface area contributed by atoms with Gasteiger partial charge in [-0.2, -0.15) is 5.10 Å². The highest BCUT2D eigenvalue weighted by molar-refractivity contribution is 6.32. The monoisotopic (exact) mass is 221 g/mol. The van der Waals surface area contributed by atoms with Gasteiger partial charge in [-0.05, 0) is 12.0 Å². The van der Waals surface area contributed by atoms with Crippen molar-refractivity contribution in [1.82, 2.24) is 9.78 Å². The van der Waals surface area contributed by atoms with Crippen LogP contribution in [0.4, 0.5) is 5.82 Å². The minimum Gasteiger partial charge on any atom is -0.381 e. The SMILES string of the molecule is Nc1nn(CCc2ccccc2)cc1Cl. The molecule has 1 heterocycles. The van der Waals surface area contributed by atoms with Crippen LogP contribution in [0, 0.1) is 0 Å². The smallest absolute Gasteiger partial charge is 0.164 e. The van der Waals surface area contributed by atoms with Crippen molar-refractivity contribution >= 4 is 17.4 Å². The maximum Gasteiger partial charge on any atom is 0.164 e. The molecule has 0 aliphatic rings. The lowest BCUT2D eigenvalue weighted by atomic mass is 10.2. The third-order valence-corrected chi connectivity index (χ3v) is 2.51. The molecule has 0 radical (unpaired) electrons. The van der Waals surface area contributed by atoms with E-state index in [9.17, 15) is 0 Å². The van der Waals surface area contributed by atoms with Crippen LogP contribution >= 0.6 is 11.6 Å². The lowest BCUT2D eigenvalue weighted by molar-refractivity contribution is 0.617. The Labute approximate surface area is 93.5 Å². The fourth-order valence-electron chi connectivity index (χ4n) is 1.41. The van der Waals surface area contributed by atoms with Crippen LogP contribution in [0.2, 0.25) is 5.02 Å². The van der Waals surface area contributed by atoms with E-state index in [0.29, 0.717) is 10.8 Å². The molecule has 0 unspecified atom stereocenters. The van der Waals surface area contributed by atoms with E-state index in [1.54, 1.807) is 10.9 Å². The van der Waals surface area contributed by atoms with Crippen LogP contribution < -0.4 is 5.73 Å². The second kappa shape index (κ2) is 4.36. The van der Waals surface area contributed by atoms with Crippen LogP contribution in [0.3, 0.4) is 0 Å². The van der Waals surface area contributed by atoms with E-state index < -0.39 is 0 Å². The van der Waals surface area contributed by atoms with Gasteiger partial charge in [-0.3, -0.25) is 4.68 Å². The lowest BCUT2D eigenvalue weighted by Gasteiger charge is -2.01. The quantitative estimate of drug-likeness (QED) is 0.865. The van der Waals surface area contributed by atoms with E-state index in [2.05, 4.69) is 17.2 Å². The number of hydrogen-bond donors (Lipinski definition) is 1. The Morgan fingerprint density at radius 1 is 1.27 bits per heavy atom. The highest BCUT2D eigenvalue weighted by Crippen LogP contribution is 2.15. The van der Waals surface area contributed by atoms with E-state index >= 15 is 0 Å². The van der Waals surface area contributed by atoms with Crippen molar-refractivity contribution < 1.29 is 0 Å². The molecule has 0 saturated carbocycles. The average molecular weight is 222 g/mol. The van der Waals surface area contributed by atoms with Crippen molar-refractivity contribution in [2.24, 2.45) is 0 Å². The number of aromatic nitrogens is 2. The van der Waals surface area contributed by atoms with Gasteiger partial charge in [0.15, 0.2) is 5.82 Å². The Morgan fingerprint density at radius 2 is 2.00 bits per heavy atom. The maximum absolute atomic E-state index is 5.80. The molecule has 0 saturated heterocycles. The third kappa shape index (κ3) is 2.50. The molecule has 1 aromatic carbocycles. The summed E-state index contributed by atoms with van der Waals surface area (Å²) in [5, 5.41) is 4.60. The summed E-state index contributed by atoms with van der Waals surface area (Å²) in [6.45, 7) is 0.793. The third-order valence-electron chi connectivity index (χ3n) is 2.22. The predicted octanol–water partition coefficient (Wildman–Crippen LogP) is 2.36. The van der Waals surface area contributed by atoms with Gasteiger partial charge in [0.25, 0.3) is 0 Å². The molecule has 0 amide bonds. The zero-order valence-corrected chi connectivity index (χ0v) is 8.98. The second-order valence-electron chi connectivity index (χ2n) is 3.36. The normalized spacial score (nSPS) is 10.5. The summed E-state index contributed by atoms with van der Waals surface area (Å²) < 4.78 is 1.77. The van der Waals surface area contributed by atoms with Gasteiger partial charge in [0.1, 0.15) is 5.02 Å². The standard InChI is InChI=1S/C11H12ClN3/c12-10-8-15(14-11(10)13)7-6-9-4-2-1-3-5-9/h1-5,8H,6-7H2,(H2,13,14). The number of aryl methyl sites for hydroxylation is 2. The first kappa shape index (κ1) is 10.1. The largest absolute Gasteiger partial charge is 0.381 e. The molecule has 0 bridgehead atoms. The molecule has 78 valence electrons. The number of rotatable bonds is 3. The topological polar surface area (TPSA) is 43.8 Å². The first-order valence-electron chi connectivity index (χ1n) is 4.78. The van der Waals surface area contributed by atoms with Gasteiger partial charge in [0.05, 0.1) is 0 Å². The maximum atomic E-state index is 5.80. The molecule has 0 atom stereocenters. The van der Waals surface area contributed by atoms with Crippen molar-refractivity contribution in [2.45, 2.75) is 13.0 Å². The van der Waals surface area contributed by atoms with Crippen molar-refractivity contribution in [3.8, 4) is 0 Å². The number of nitrogens with two attached hydrogens (primary N) is 1. The van der Waals surface area contributed by atoms with Crippen molar-refractivity contribution in [2.75, 3.05) is 5.73 Å². The molecule has 15 heavy (non-hydrogen) atoms. The fraction of sp³-hybridized carbons (Fsp3) is 0.182. The summed E-state index contributed by atoms with van der Waals surface area (Å²) >= 11 is 5.80. The van der Waals surface area contributed by atoms with E-state index in [1.807, 2.05) is 18.2 Å². The zero-order valence-electron chi connectivity index (χ0n) is 8.23. The molecule has 2 N–H and O–H groups in total. The molecule has 0 spiro atoms. The summed E-state index contributed by atoms with van der Waals surface area (Å²) in [6.07, 6.45) is 2.68.